The summed E-state index contributed by atoms with van der Waals surface area (Å²) in [5.74, 6) is 0.0648. The van der Waals surface area contributed by atoms with Crippen molar-refractivity contribution in [2.24, 2.45) is 0 Å². The van der Waals surface area contributed by atoms with E-state index in [9.17, 15) is 10.2 Å². The second-order valence-electron chi connectivity index (χ2n) is 10.4. The van der Waals surface area contributed by atoms with E-state index in [1.165, 1.54) is 12.3 Å². The average molecular weight is 506 g/mol. The minimum Gasteiger partial charge on any atom is -0.386 e. The van der Waals surface area contributed by atoms with Crippen LogP contribution in [0.3, 0.4) is 0 Å². The molecule has 3 N–H and O–H groups in total. The molecule has 4 heterocycles. The molecule has 0 radical (unpaired) electrons. The molecule has 2 aliphatic heterocycles. The lowest BCUT2D eigenvalue weighted by Crippen LogP contribution is -2.51. The molecular formula is C24H29ClFN5O4. The van der Waals surface area contributed by atoms with Gasteiger partial charge >= 0.3 is 0 Å². The highest BCUT2D eigenvalue weighted by Crippen LogP contribution is 2.38. The molecule has 9 nitrogen and oxygen atoms in total. The van der Waals surface area contributed by atoms with Gasteiger partial charge < -0.3 is 29.6 Å². The standard InChI is InChI=1S/C24H29ClFN5O4/c1-11(2)31-16-7-12(6-14(26)18(16)29-21(31)23(3,4)33)17-13(25)9-27-22(30-17)28-15-8-24(5)10-34-20(35-24)19(15)32/h6-7,9,11,15,19-20,32-33H,8,10H2,1-5H3,(H,27,28,30)/t15-,19+,20-,24+/m1/s1. The summed E-state index contributed by atoms with van der Waals surface area (Å²) in [5.41, 5.74) is -0.298. The lowest BCUT2D eigenvalue weighted by molar-refractivity contribution is -0.179. The highest BCUT2D eigenvalue weighted by Gasteiger charge is 2.50. The van der Waals surface area contributed by atoms with Crippen LogP contribution >= 0.6 is 11.6 Å². The lowest BCUT2D eigenvalue weighted by Gasteiger charge is -2.37. The number of benzene rings is 1. The number of imidazole rings is 1. The van der Waals surface area contributed by atoms with E-state index in [-0.39, 0.29) is 22.5 Å². The zero-order valence-electron chi connectivity index (χ0n) is 20.2. The predicted octanol–water partition coefficient (Wildman–Crippen LogP) is 3.77. The number of hydrogen-bond acceptors (Lipinski definition) is 8. The number of ether oxygens (including phenoxy) is 2. The number of aromatic nitrogens is 4. The number of aliphatic hydroxyl groups is 2. The Bertz CT molecular complexity index is 1290. The van der Waals surface area contributed by atoms with Gasteiger partial charge in [-0.1, -0.05) is 11.6 Å². The zero-order chi connectivity index (χ0) is 25.3. The van der Waals surface area contributed by atoms with Gasteiger partial charge in [-0.25, -0.2) is 19.3 Å². The molecule has 0 amide bonds. The summed E-state index contributed by atoms with van der Waals surface area (Å²) < 4.78 is 28.3. The van der Waals surface area contributed by atoms with Gasteiger partial charge in [-0.15, -0.1) is 0 Å². The second-order valence-corrected chi connectivity index (χ2v) is 10.8. The van der Waals surface area contributed by atoms with E-state index in [1.807, 2.05) is 25.3 Å². The van der Waals surface area contributed by atoms with E-state index in [4.69, 9.17) is 21.1 Å². The van der Waals surface area contributed by atoms with Gasteiger partial charge in [0.15, 0.2) is 12.1 Å². The molecule has 3 aromatic rings. The highest BCUT2D eigenvalue weighted by molar-refractivity contribution is 6.33. The summed E-state index contributed by atoms with van der Waals surface area (Å²) in [5, 5.41) is 24.6. The molecule has 2 aliphatic rings. The van der Waals surface area contributed by atoms with Crippen LogP contribution in [0, 0.1) is 5.82 Å². The number of anilines is 1. The maximum Gasteiger partial charge on any atom is 0.223 e. The van der Waals surface area contributed by atoms with Crippen molar-refractivity contribution in [2.75, 3.05) is 11.9 Å². The van der Waals surface area contributed by atoms with Crippen LogP contribution in [0.15, 0.2) is 18.3 Å². The Hall–Kier alpha value is -2.37. The van der Waals surface area contributed by atoms with Crippen molar-refractivity contribution >= 4 is 28.6 Å². The van der Waals surface area contributed by atoms with Crippen LogP contribution < -0.4 is 5.32 Å². The Labute approximate surface area is 207 Å². The van der Waals surface area contributed by atoms with Crippen molar-refractivity contribution in [3.8, 4) is 11.3 Å². The maximum atomic E-state index is 15.2. The zero-order valence-corrected chi connectivity index (χ0v) is 21.0. The Balaban J connectivity index is 1.55. The van der Waals surface area contributed by atoms with E-state index in [2.05, 4.69) is 20.3 Å². The quantitative estimate of drug-likeness (QED) is 0.480. The lowest BCUT2D eigenvalue weighted by atomic mass is 9.92. The van der Waals surface area contributed by atoms with Gasteiger partial charge in [0.25, 0.3) is 0 Å². The minimum absolute atomic E-state index is 0.0804. The summed E-state index contributed by atoms with van der Waals surface area (Å²) in [6.07, 6.45) is 0.327. The van der Waals surface area contributed by atoms with Crippen LogP contribution in [-0.4, -0.2) is 60.4 Å². The molecule has 5 rings (SSSR count). The molecule has 0 spiro atoms. The first-order chi connectivity index (χ1) is 16.4. The third-order valence-electron chi connectivity index (χ3n) is 6.44. The van der Waals surface area contributed by atoms with Crippen LogP contribution in [0.2, 0.25) is 5.02 Å². The van der Waals surface area contributed by atoms with E-state index in [0.717, 1.165) is 0 Å². The van der Waals surface area contributed by atoms with E-state index >= 15 is 4.39 Å². The normalized spacial score (nSPS) is 26.6. The van der Waals surface area contributed by atoms with Crippen LogP contribution in [0.4, 0.5) is 10.3 Å². The van der Waals surface area contributed by atoms with Crippen molar-refractivity contribution in [1.29, 1.82) is 0 Å². The van der Waals surface area contributed by atoms with Crippen molar-refractivity contribution in [2.45, 2.75) is 76.7 Å². The van der Waals surface area contributed by atoms with Crippen molar-refractivity contribution < 1.29 is 24.1 Å². The molecule has 2 bridgehead atoms. The van der Waals surface area contributed by atoms with Gasteiger partial charge in [-0.3, -0.25) is 0 Å². The fraction of sp³-hybridized carbons (Fsp3) is 0.542. The van der Waals surface area contributed by atoms with Gasteiger partial charge in [0.2, 0.25) is 5.95 Å². The van der Waals surface area contributed by atoms with Gasteiger partial charge in [-0.05, 0) is 46.8 Å². The molecule has 11 heteroatoms. The first kappa shape index (κ1) is 24.3. The Morgan fingerprint density at radius 1 is 1.31 bits per heavy atom. The second kappa shape index (κ2) is 8.35. The molecule has 4 atom stereocenters. The summed E-state index contributed by atoms with van der Waals surface area (Å²) in [6.45, 7) is 9.45. The van der Waals surface area contributed by atoms with Crippen LogP contribution in [0.1, 0.15) is 52.9 Å². The SMILES string of the molecule is CC(C)n1c(C(C)(C)O)nc2c(F)cc(-c3nc(N[C@@H]4C[C@@]5(C)CO[C@H](O5)[C@H]4O)ncc3Cl)cc21. The number of aliphatic hydroxyl groups excluding tert-OH is 1. The van der Waals surface area contributed by atoms with Crippen molar-refractivity contribution in [3.05, 3.63) is 35.0 Å². The molecule has 1 aromatic carbocycles. The van der Waals surface area contributed by atoms with Crippen LogP contribution in [0.25, 0.3) is 22.3 Å². The fourth-order valence-corrected chi connectivity index (χ4v) is 5.04. The maximum absolute atomic E-state index is 15.2. The molecule has 35 heavy (non-hydrogen) atoms. The number of nitrogens with one attached hydrogen (secondary N) is 1. The summed E-state index contributed by atoms with van der Waals surface area (Å²) >= 11 is 6.44. The Kier molecular flexibility index (Phi) is 5.80. The van der Waals surface area contributed by atoms with Gasteiger partial charge in [0.1, 0.15) is 23.0 Å². The molecule has 2 fully saturated rings. The number of halogens is 2. The third-order valence-corrected chi connectivity index (χ3v) is 6.72. The average Bonchev–Trinajstić information content (AvgIpc) is 3.32. The van der Waals surface area contributed by atoms with E-state index in [0.29, 0.717) is 35.6 Å². The predicted molar refractivity (Wildman–Crippen MR) is 129 cm³/mol. The molecule has 2 saturated heterocycles. The molecule has 0 unspecified atom stereocenters. The molecule has 0 aliphatic carbocycles. The topological polar surface area (TPSA) is 115 Å². The summed E-state index contributed by atoms with van der Waals surface area (Å²) in [7, 11) is 0. The van der Waals surface area contributed by atoms with Crippen molar-refractivity contribution in [3.63, 3.8) is 0 Å². The first-order valence-corrected chi connectivity index (χ1v) is 12.0. The van der Waals surface area contributed by atoms with E-state index < -0.39 is 35.5 Å². The first-order valence-electron chi connectivity index (χ1n) is 11.6. The minimum atomic E-state index is -1.26. The molecule has 2 aromatic heterocycles. The summed E-state index contributed by atoms with van der Waals surface area (Å²) in [4.78, 5) is 13.2. The largest absolute Gasteiger partial charge is 0.386 e. The van der Waals surface area contributed by atoms with Gasteiger partial charge in [0.05, 0.1) is 40.7 Å². The highest BCUT2D eigenvalue weighted by atomic mass is 35.5. The Morgan fingerprint density at radius 3 is 2.74 bits per heavy atom. The number of nitrogens with zero attached hydrogens (tertiary/aromatic N) is 4. The Morgan fingerprint density at radius 2 is 2.06 bits per heavy atom. The molecular weight excluding hydrogens is 477 g/mol. The third kappa shape index (κ3) is 4.27. The van der Waals surface area contributed by atoms with Crippen LogP contribution in [-0.2, 0) is 15.1 Å². The monoisotopic (exact) mass is 505 g/mol. The smallest absolute Gasteiger partial charge is 0.223 e. The van der Waals surface area contributed by atoms with Crippen LogP contribution in [0.5, 0.6) is 0 Å². The number of hydrogen-bond donors (Lipinski definition) is 3. The number of fused-ring (bicyclic) bond motifs is 3. The number of rotatable bonds is 5. The van der Waals surface area contributed by atoms with E-state index in [1.54, 1.807) is 19.9 Å². The van der Waals surface area contributed by atoms with Crippen molar-refractivity contribution in [1.82, 2.24) is 19.5 Å². The van der Waals surface area contributed by atoms with Gasteiger partial charge in [0, 0.05) is 18.0 Å². The van der Waals surface area contributed by atoms with Gasteiger partial charge in [-0.2, -0.15) is 0 Å². The molecule has 188 valence electrons. The fourth-order valence-electron chi connectivity index (χ4n) is 4.84. The molecule has 0 saturated carbocycles. The summed E-state index contributed by atoms with van der Waals surface area (Å²) in [6, 6.07) is 2.61.